The van der Waals surface area contributed by atoms with Crippen LogP contribution in [0.2, 0.25) is 0 Å². The van der Waals surface area contributed by atoms with Gasteiger partial charge in [-0.3, -0.25) is 0 Å². The van der Waals surface area contributed by atoms with Crippen molar-refractivity contribution in [1.29, 1.82) is 0 Å². The first-order valence-electron chi connectivity index (χ1n) is 9.79. The number of benzene rings is 4. The number of aryl methyl sites for hydroxylation is 7. The maximum atomic E-state index is 2.39. The van der Waals surface area contributed by atoms with Gasteiger partial charge in [-0.2, -0.15) is 0 Å². The van der Waals surface area contributed by atoms with E-state index in [2.05, 4.69) is 90.9 Å². The molecule has 4 rings (SSSR count). The molecule has 0 heterocycles. The Morgan fingerprint density at radius 1 is 0.407 bits per heavy atom. The van der Waals surface area contributed by atoms with Gasteiger partial charge in [0.15, 0.2) is 0 Å². The Bertz CT molecular complexity index is 1200. The molecule has 136 valence electrons. The van der Waals surface area contributed by atoms with Crippen LogP contribution in [0.3, 0.4) is 0 Å². The first-order chi connectivity index (χ1) is 12.8. The van der Waals surface area contributed by atoms with Crippen LogP contribution in [0.15, 0.2) is 42.5 Å². The topological polar surface area (TPSA) is 0 Å². The van der Waals surface area contributed by atoms with Crippen LogP contribution in [0.25, 0.3) is 32.7 Å². The molecular formula is C27H28. The van der Waals surface area contributed by atoms with Crippen molar-refractivity contribution in [3.8, 4) is 11.1 Å². The van der Waals surface area contributed by atoms with Crippen molar-refractivity contribution in [2.75, 3.05) is 0 Å². The molecular weight excluding hydrogens is 324 g/mol. The number of hydrogen-bond acceptors (Lipinski definition) is 0. The van der Waals surface area contributed by atoms with E-state index in [-0.39, 0.29) is 0 Å². The third-order valence-electron chi connectivity index (χ3n) is 6.12. The fraction of sp³-hybridized carbons (Fsp3) is 0.259. The first kappa shape index (κ1) is 17.8. The summed E-state index contributed by atoms with van der Waals surface area (Å²) in [7, 11) is 0. The molecule has 0 spiro atoms. The highest BCUT2D eigenvalue weighted by Crippen LogP contribution is 2.41. The molecule has 4 aromatic rings. The smallest absolute Gasteiger partial charge is 0.00694 e. The minimum Gasteiger partial charge on any atom is -0.0563 e. The SMILES string of the molecule is Cc1cc(C)cc(-c2c(C)c3cc(C)c(C)cc3c3cc(C)c(C)cc23)c1. The molecule has 0 aromatic heterocycles. The molecule has 0 fully saturated rings. The summed E-state index contributed by atoms with van der Waals surface area (Å²) < 4.78 is 0. The Hall–Kier alpha value is -2.60. The van der Waals surface area contributed by atoms with Crippen LogP contribution in [0.1, 0.15) is 38.9 Å². The van der Waals surface area contributed by atoms with Crippen molar-refractivity contribution in [2.24, 2.45) is 0 Å². The molecule has 0 aliphatic heterocycles. The van der Waals surface area contributed by atoms with Gasteiger partial charge < -0.3 is 0 Å². The van der Waals surface area contributed by atoms with Gasteiger partial charge in [-0.25, -0.2) is 0 Å². The van der Waals surface area contributed by atoms with Crippen molar-refractivity contribution in [2.45, 2.75) is 48.5 Å². The molecule has 4 aromatic carbocycles. The lowest BCUT2D eigenvalue weighted by Crippen LogP contribution is -1.95. The lowest BCUT2D eigenvalue weighted by molar-refractivity contribution is 1.35. The molecule has 0 bridgehead atoms. The van der Waals surface area contributed by atoms with E-state index in [0.29, 0.717) is 0 Å². The Balaban J connectivity index is 2.27. The van der Waals surface area contributed by atoms with Crippen LogP contribution in [-0.4, -0.2) is 0 Å². The van der Waals surface area contributed by atoms with Crippen LogP contribution in [-0.2, 0) is 0 Å². The zero-order chi connectivity index (χ0) is 19.5. The van der Waals surface area contributed by atoms with E-state index in [0.717, 1.165) is 0 Å². The third-order valence-corrected chi connectivity index (χ3v) is 6.12. The molecule has 0 amide bonds. The molecule has 0 radical (unpaired) electrons. The van der Waals surface area contributed by atoms with E-state index in [9.17, 15) is 0 Å². The Kier molecular flexibility index (Phi) is 4.11. The van der Waals surface area contributed by atoms with Crippen molar-refractivity contribution < 1.29 is 0 Å². The molecule has 0 saturated heterocycles. The van der Waals surface area contributed by atoms with Crippen molar-refractivity contribution in [3.63, 3.8) is 0 Å². The second-order valence-corrected chi connectivity index (χ2v) is 8.34. The van der Waals surface area contributed by atoms with E-state index in [4.69, 9.17) is 0 Å². The summed E-state index contributed by atoms with van der Waals surface area (Å²) in [6.45, 7) is 15.6. The summed E-state index contributed by atoms with van der Waals surface area (Å²) >= 11 is 0. The van der Waals surface area contributed by atoms with E-state index >= 15 is 0 Å². The van der Waals surface area contributed by atoms with E-state index in [1.165, 1.54) is 71.6 Å². The summed E-state index contributed by atoms with van der Waals surface area (Å²) in [5.74, 6) is 0. The molecule has 0 saturated carbocycles. The van der Waals surface area contributed by atoms with Crippen molar-refractivity contribution >= 4 is 21.5 Å². The predicted octanol–water partition coefficient (Wildman–Crippen LogP) is 7.82. The van der Waals surface area contributed by atoms with Crippen LogP contribution < -0.4 is 0 Å². The van der Waals surface area contributed by atoms with Crippen LogP contribution in [0.5, 0.6) is 0 Å². The molecule has 0 heteroatoms. The zero-order valence-electron chi connectivity index (χ0n) is 17.5. The maximum absolute atomic E-state index is 2.39. The van der Waals surface area contributed by atoms with Gasteiger partial charge in [0, 0.05) is 0 Å². The highest BCUT2D eigenvalue weighted by Gasteiger charge is 2.15. The van der Waals surface area contributed by atoms with Gasteiger partial charge in [0.25, 0.3) is 0 Å². The Labute approximate surface area is 162 Å². The Morgan fingerprint density at radius 2 is 0.815 bits per heavy atom. The van der Waals surface area contributed by atoms with Gasteiger partial charge in [-0.05, 0) is 109 Å². The fourth-order valence-electron chi connectivity index (χ4n) is 4.42. The number of rotatable bonds is 1. The average molecular weight is 353 g/mol. The standard InChI is InChI=1S/C27H28/c1-15-8-16(2)10-22(9-15)27-21(7)23-11-17(3)18(4)12-24(23)25-13-19(5)20(6)14-26(25)27/h8-14H,1-7H3. The maximum Gasteiger partial charge on any atom is -0.00694 e. The number of fused-ring (bicyclic) bond motifs is 3. The minimum absolute atomic E-state index is 1.32. The van der Waals surface area contributed by atoms with E-state index < -0.39 is 0 Å². The normalized spacial score (nSPS) is 11.5. The van der Waals surface area contributed by atoms with Crippen molar-refractivity contribution in [3.05, 3.63) is 81.4 Å². The monoisotopic (exact) mass is 352 g/mol. The third kappa shape index (κ3) is 2.84. The Morgan fingerprint density at radius 3 is 1.33 bits per heavy atom. The largest absolute Gasteiger partial charge is 0.0563 e. The summed E-state index contributed by atoms with van der Waals surface area (Å²) in [5.41, 5.74) is 12.2. The van der Waals surface area contributed by atoms with E-state index in [1.807, 2.05) is 0 Å². The fourth-order valence-corrected chi connectivity index (χ4v) is 4.42. The summed E-state index contributed by atoms with van der Waals surface area (Å²) in [6.07, 6.45) is 0. The lowest BCUT2D eigenvalue weighted by atomic mass is 9.85. The molecule has 0 unspecified atom stereocenters. The van der Waals surface area contributed by atoms with Gasteiger partial charge in [-0.15, -0.1) is 0 Å². The quantitative estimate of drug-likeness (QED) is 0.306. The summed E-state index contributed by atoms with van der Waals surface area (Å²) in [5, 5.41) is 5.50. The van der Waals surface area contributed by atoms with Crippen LogP contribution >= 0.6 is 0 Å². The average Bonchev–Trinajstić information content (AvgIpc) is 2.58. The van der Waals surface area contributed by atoms with Gasteiger partial charge in [0.2, 0.25) is 0 Å². The van der Waals surface area contributed by atoms with Crippen molar-refractivity contribution in [1.82, 2.24) is 0 Å². The molecule has 0 aliphatic rings. The van der Waals surface area contributed by atoms with Gasteiger partial charge in [0.05, 0.1) is 0 Å². The lowest BCUT2D eigenvalue weighted by Gasteiger charge is -2.19. The highest BCUT2D eigenvalue weighted by atomic mass is 14.2. The van der Waals surface area contributed by atoms with Gasteiger partial charge >= 0.3 is 0 Å². The predicted molar refractivity (Wildman–Crippen MR) is 120 cm³/mol. The second kappa shape index (κ2) is 6.23. The molecule has 0 N–H and O–H groups in total. The van der Waals surface area contributed by atoms with Crippen LogP contribution in [0.4, 0.5) is 0 Å². The zero-order valence-corrected chi connectivity index (χ0v) is 17.5. The summed E-state index contributed by atoms with van der Waals surface area (Å²) in [4.78, 5) is 0. The van der Waals surface area contributed by atoms with Crippen LogP contribution in [0, 0.1) is 48.5 Å². The molecule has 0 atom stereocenters. The number of hydrogen-bond donors (Lipinski definition) is 0. The summed E-state index contributed by atoms with van der Waals surface area (Å²) in [6, 6.07) is 16.4. The molecule has 0 nitrogen and oxygen atoms in total. The minimum atomic E-state index is 1.32. The second-order valence-electron chi connectivity index (χ2n) is 8.34. The van der Waals surface area contributed by atoms with Gasteiger partial charge in [0.1, 0.15) is 0 Å². The highest BCUT2D eigenvalue weighted by molar-refractivity contribution is 6.16. The molecule has 27 heavy (non-hydrogen) atoms. The van der Waals surface area contributed by atoms with E-state index in [1.54, 1.807) is 0 Å². The molecule has 0 aliphatic carbocycles. The van der Waals surface area contributed by atoms with Gasteiger partial charge in [-0.1, -0.05) is 53.6 Å². The first-order valence-corrected chi connectivity index (χ1v) is 9.79.